The van der Waals surface area contributed by atoms with Gasteiger partial charge < -0.3 is 14.6 Å². The van der Waals surface area contributed by atoms with Gasteiger partial charge in [-0.2, -0.15) is 5.26 Å². The van der Waals surface area contributed by atoms with Crippen molar-refractivity contribution in [2.24, 2.45) is 7.05 Å². The Kier molecular flexibility index (Phi) is 5.13. The van der Waals surface area contributed by atoms with E-state index in [1.807, 2.05) is 42.1 Å². The zero-order valence-electron chi connectivity index (χ0n) is 12.2. The van der Waals surface area contributed by atoms with Crippen molar-refractivity contribution in [3.63, 3.8) is 0 Å². The molecule has 1 aromatic carbocycles. The fourth-order valence-corrected chi connectivity index (χ4v) is 2.19. The highest BCUT2D eigenvalue weighted by atomic mass is 35.5. The summed E-state index contributed by atoms with van der Waals surface area (Å²) in [5.41, 5.74) is 2.54. The molecule has 2 aromatic rings. The highest BCUT2D eigenvalue weighted by molar-refractivity contribution is 6.30. The van der Waals surface area contributed by atoms with Gasteiger partial charge in [0, 0.05) is 24.8 Å². The summed E-state index contributed by atoms with van der Waals surface area (Å²) in [6.07, 6.45) is 2.88. The normalized spacial score (nSPS) is 10.2. The fourth-order valence-electron chi connectivity index (χ4n) is 2.02. The Balaban J connectivity index is 2.11. The smallest absolute Gasteiger partial charge is 0.142 e. The molecule has 0 saturated carbocycles. The van der Waals surface area contributed by atoms with Crippen molar-refractivity contribution < 1.29 is 4.74 Å². The van der Waals surface area contributed by atoms with Crippen LogP contribution in [0.2, 0.25) is 5.02 Å². The maximum atomic E-state index is 8.97. The molecule has 5 heteroatoms. The van der Waals surface area contributed by atoms with Crippen LogP contribution in [0.3, 0.4) is 0 Å². The largest absolute Gasteiger partial charge is 0.491 e. The second-order valence-corrected chi connectivity index (χ2v) is 5.24. The van der Waals surface area contributed by atoms with Gasteiger partial charge in [0.15, 0.2) is 0 Å². The molecular weight excluding hydrogens is 286 g/mol. The molecule has 0 saturated heterocycles. The molecule has 1 aromatic heterocycles. The van der Waals surface area contributed by atoms with E-state index >= 15 is 0 Å². The lowest BCUT2D eigenvalue weighted by molar-refractivity contribution is 0.319. The van der Waals surface area contributed by atoms with Crippen molar-refractivity contribution in [1.82, 2.24) is 4.57 Å². The minimum absolute atomic E-state index is 0.609. The van der Waals surface area contributed by atoms with Crippen LogP contribution in [0.25, 0.3) is 0 Å². The summed E-state index contributed by atoms with van der Waals surface area (Å²) in [6.45, 7) is 3.34. The molecule has 0 bridgehead atoms. The molecule has 0 aliphatic carbocycles. The van der Waals surface area contributed by atoms with Crippen LogP contribution in [-0.2, 0) is 13.6 Å². The first-order valence-corrected chi connectivity index (χ1v) is 7.23. The zero-order chi connectivity index (χ0) is 15.2. The number of hydrogen-bond acceptors (Lipinski definition) is 3. The van der Waals surface area contributed by atoms with Crippen LogP contribution in [0.4, 0.5) is 5.69 Å². The van der Waals surface area contributed by atoms with Gasteiger partial charge in [-0.1, -0.05) is 18.5 Å². The first-order chi connectivity index (χ1) is 10.1. The number of nitrogens with zero attached hydrogens (tertiary/aromatic N) is 2. The number of aromatic nitrogens is 1. The third-order valence-corrected chi connectivity index (χ3v) is 3.30. The number of rotatable bonds is 6. The van der Waals surface area contributed by atoms with Gasteiger partial charge in [0.2, 0.25) is 0 Å². The molecular formula is C16H18ClN3O. The average Bonchev–Trinajstić information content (AvgIpc) is 2.84. The van der Waals surface area contributed by atoms with Crippen molar-refractivity contribution in [2.45, 2.75) is 19.9 Å². The van der Waals surface area contributed by atoms with E-state index in [0.717, 1.165) is 23.4 Å². The first-order valence-electron chi connectivity index (χ1n) is 6.85. The molecule has 0 atom stereocenters. The highest BCUT2D eigenvalue weighted by Gasteiger charge is 2.06. The lowest BCUT2D eigenvalue weighted by Crippen LogP contribution is -2.03. The summed E-state index contributed by atoms with van der Waals surface area (Å²) in [6, 6.07) is 9.55. The number of aryl methyl sites for hydroxylation is 1. The fraction of sp³-hybridized carbons (Fsp3) is 0.312. The summed E-state index contributed by atoms with van der Waals surface area (Å²) in [7, 11) is 1.86. The monoisotopic (exact) mass is 303 g/mol. The molecule has 1 heterocycles. The SMILES string of the molecule is CCCOc1ccc(Cl)cc1NCc1cc(C#N)n(C)c1. The zero-order valence-corrected chi connectivity index (χ0v) is 12.9. The summed E-state index contributed by atoms with van der Waals surface area (Å²) < 4.78 is 7.51. The van der Waals surface area contributed by atoms with Crippen molar-refractivity contribution >= 4 is 17.3 Å². The maximum Gasteiger partial charge on any atom is 0.142 e. The van der Waals surface area contributed by atoms with Gasteiger partial charge in [-0.25, -0.2) is 0 Å². The second-order valence-electron chi connectivity index (χ2n) is 4.80. The Morgan fingerprint density at radius 1 is 1.38 bits per heavy atom. The number of nitrogens with one attached hydrogen (secondary N) is 1. The van der Waals surface area contributed by atoms with Gasteiger partial charge in [-0.05, 0) is 36.2 Å². The summed E-state index contributed by atoms with van der Waals surface area (Å²) in [5.74, 6) is 0.790. The number of ether oxygens (including phenoxy) is 1. The topological polar surface area (TPSA) is 50.0 Å². The van der Waals surface area contributed by atoms with Crippen LogP contribution in [0, 0.1) is 11.3 Å². The minimum Gasteiger partial charge on any atom is -0.491 e. The predicted molar refractivity (Wildman–Crippen MR) is 84.7 cm³/mol. The number of hydrogen-bond donors (Lipinski definition) is 1. The van der Waals surface area contributed by atoms with Crippen LogP contribution < -0.4 is 10.1 Å². The van der Waals surface area contributed by atoms with Gasteiger partial charge >= 0.3 is 0 Å². The number of anilines is 1. The van der Waals surface area contributed by atoms with Gasteiger partial charge in [-0.15, -0.1) is 0 Å². The second kappa shape index (κ2) is 7.05. The first kappa shape index (κ1) is 15.3. The van der Waals surface area contributed by atoms with E-state index in [0.29, 0.717) is 23.9 Å². The third-order valence-electron chi connectivity index (χ3n) is 3.06. The van der Waals surface area contributed by atoms with Gasteiger partial charge in [0.05, 0.1) is 12.3 Å². The van der Waals surface area contributed by atoms with Crippen molar-refractivity contribution in [2.75, 3.05) is 11.9 Å². The summed E-state index contributed by atoms with van der Waals surface area (Å²) >= 11 is 6.04. The van der Waals surface area contributed by atoms with E-state index in [2.05, 4.69) is 18.3 Å². The Bertz CT molecular complexity index is 658. The standard InChI is InChI=1S/C16H18ClN3O/c1-3-6-21-16-5-4-13(17)8-15(16)19-10-12-7-14(9-18)20(2)11-12/h4-5,7-8,11,19H,3,6,10H2,1-2H3. The van der Waals surface area contributed by atoms with E-state index < -0.39 is 0 Å². The lowest BCUT2D eigenvalue weighted by Gasteiger charge is -2.13. The molecule has 0 amide bonds. The molecule has 0 radical (unpaired) electrons. The summed E-state index contributed by atoms with van der Waals surface area (Å²) in [4.78, 5) is 0. The van der Waals surface area contributed by atoms with E-state index in [9.17, 15) is 0 Å². The minimum atomic E-state index is 0.609. The van der Waals surface area contributed by atoms with Crippen LogP contribution in [0.1, 0.15) is 24.6 Å². The van der Waals surface area contributed by atoms with Crippen LogP contribution in [0.15, 0.2) is 30.5 Å². The van der Waals surface area contributed by atoms with Gasteiger partial charge in [-0.3, -0.25) is 0 Å². The maximum absolute atomic E-state index is 8.97. The Labute approximate surface area is 129 Å². The quantitative estimate of drug-likeness (QED) is 0.879. The van der Waals surface area contributed by atoms with E-state index in [1.54, 1.807) is 0 Å². The molecule has 1 N–H and O–H groups in total. The molecule has 0 aliphatic rings. The van der Waals surface area contributed by atoms with E-state index in [-0.39, 0.29) is 0 Å². The molecule has 0 fully saturated rings. The molecule has 110 valence electrons. The number of benzene rings is 1. The lowest BCUT2D eigenvalue weighted by atomic mass is 10.2. The molecule has 0 aliphatic heterocycles. The molecule has 2 rings (SSSR count). The van der Waals surface area contributed by atoms with Gasteiger partial charge in [0.25, 0.3) is 0 Å². The Hall–Kier alpha value is -2.12. The molecule has 4 nitrogen and oxygen atoms in total. The molecule has 21 heavy (non-hydrogen) atoms. The summed E-state index contributed by atoms with van der Waals surface area (Å²) in [5, 5.41) is 12.9. The van der Waals surface area contributed by atoms with Crippen molar-refractivity contribution in [3.8, 4) is 11.8 Å². The van der Waals surface area contributed by atoms with E-state index in [1.165, 1.54) is 0 Å². The average molecular weight is 304 g/mol. The molecule has 0 unspecified atom stereocenters. The van der Waals surface area contributed by atoms with Gasteiger partial charge in [0.1, 0.15) is 17.5 Å². The van der Waals surface area contributed by atoms with Crippen molar-refractivity contribution in [1.29, 1.82) is 5.26 Å². The highest BCUT2D eigenvalue weighted by Crippen LogP contribution is 2.28. The number of nitriles is 1. The Morgan fingerprint density at radius 2 is 2.19 bits per heavy atom. The molecule has 0 spiro atoms. The van der Waals surface area contributed by atoms with Crippen LogP contribution in [-0.4, -0.2) is 11.2 Å². The predicted octanol–water partition coefficient (Wildman–Crippen LogP) is 3.95. The third kappa shape index (κ3) is 3.93. The Morgan fingerprint density at radius 3 is 2.86 bits per heavy atom. The van der Waals surface area contributed by atoms with Crippen molar-refractivity contribution in [3.05, 3.63) is 46.7 Å². The van der Waals surface area contributed by atoms with Crippen LogP contribution >= 0.6 is 11.6 Å². The van der Waals surface area contributed by atoms with Crippen LogP contribution in [0.5, 0.6) is 5.75 Å². The van der Waals surface area contributed by atoms with E-state index in [4.69, 9.17) is 21.6 Å². The number of halogens is 1.